The van der Waals surface area contributed by atoms with E-state index in [1.807, 2.05) is 88.4 Å². The molecule has 0 aliphatic heterocycles. The molecule has 4 saturated carbocycles. The number of carbonyl (C=O) groups excluding carboxylic acids is 4. The van der Waals surface area contributed by atoms with Crippen molar-refractivity contribution in [2.45, 2.75) is 78.3 Å². The van der Waals surface area contributed by atoms with Crippen LogP contribution >= 0.6 is 0 Å². The van der Waals surface area contributed by atoms with Crippen molar-refractivity contribution in [1.29, 1.82) is 0 Å². The molecule has 0 aromatic heterocycles. The van der Waals surface area contributed by atoms with Gasteiger partial charge in [-0.25, -0.2) is 0 Å². The van der Waals surface area contributed by atoms with Crippen LogP contribution in [0.1, 0.15) is 89.4 Å². The fraction of sp³-hybridized carbons (Fsp3) is 0.529. The normalized spacial score (nSPS) is 32.6. The molecule has 6 rings (SSSR count). The summed E-state index contributed by atoms with van der Waals surface area (Å²) in [5, 5.41) is 6.58. The third-order valence-electron chi connectivity index (χ3n) is 11.8. The minimum Gasteiger partial charge on any atom is -0.346 e. The third kappa shape index (κ3) is 3.47. The Labute approximate surface area is 236 Å². The summed E-state index contributed by atoms with van der Waals surface area (Å²) < 4.78 is 0. The number of carbonyl (C=O) groups is 4. The second-order valence-electron chi connectivity index (χ2n) is 13.7. The van der Waals surface area contributed by atoms with Crippen molar-refractivity contribution >= 4 is 23.4 Å². The molecule has 0 saturated heterocycles. The van der Waals surface area contributed by atoms with Gasteiger partial charge in [-0.05, 0) is 59.5 Å². The molecular formula is C34H40N2O4. The lowest BCUT2D eigenvalue weighted by atomic mass is 9.67. The van der Waals surface area contributed by atoms with Crippen molar-refractivity contribution < 1.29 is 19.2 Å². The molecule has 40 heavy (non-hydrogen) atoms. The smallest absolute Gasteiger partial charge is 0.234 e. The van der Waals surface area contributed by atoms with E-state index in [2.05, 4.69) is 10.6 Å². The summed E-state index contributed by atoms with van der Waals surface area (Å²) in [6, 6.07) is 18.0. The molecule has 2 aromatic carbocycles. The maximum absolute atomic E-state index is 14.3. The maximum atomic E-state index is 14.3. The van der Waals surface area contributed by atoms with Crippen LogP contribution in [0.15, 0.2) is 60.7 Å². The van der Waals surface area contributed by atoms with Crippen LogP contribution in [-0.2, 0) is 19.2 Å². The standard InChI is InChI=1S/C34H40N2O4/c1-31(2)23-15-17-33(31,25(37)19-23)29(39)35-27(21-11-7-5-8-12-21)28(22-13-9-6-10-14-22)36-30(40)34-18-16-24(20-26(34)38)32(34,3)4/h5-14,23-24,27-28H,15-20H2,1-4H3,(H,35,39)(H,36,40). The van der Waals surface area contributed by atoms with Gasteiger partial charge in [0.2, 0.25) is 11.8 Å². The van der Waals surface area contributed by atoms with Gasteiger partial charge < -0.3 is 10.6 Å². The molecule has 4 fully saturated rings. The number of nitrogens with one attached hydrogen (secondary N) is 2. The Morgan fingerprint density at radius 1 is 0.650 bits per heavy atom. The zero-order valence-corrected chi connectivity index (χ0v) is 24.0. The molecule has 4 bridgehead atoms. The van der Waals surface area contributed by atoms with E-state index < -0.39 is 33.7 Å². The Kier molecular flexibility index (Phi) is 6.14. The van der Waals surface area contributed by atoms with E-state index in [1.165, 1.54) is 0 Å². The first kappa shape index (κ1) is 26.9. The molecule has 0 heterocycles. The van der Waals surface area contributed by atoms with Gasteiger partial charge in [0.1, 0.15) is 22.4 Å². The summed E-state index contributed by atoms with van der Waals surface area (Å²) in [7, 11) is 0. The summed E-state index contributed by atoms with van der Waals surface area (Å²) in [4.78, 5) is 55.3. The van der Waals surface area contributed by atoms with Gasteiger partial charge in [-0.3, -0.25) is 19.2 Å². The molecule has 0 radical (unpaired) electrons. The van der Waals surface area contributed by atoms with Crippen LogP contribution < -0.4 is 10.6 Å². The SMILES string of the molecule is CC1(C)C2CCC1(C(=O)NC(c1ccccc1)C(NC(=O)C13CCC(CC1=O)C3(C)C)c1ccccc1)C(=O)C2. The molecule has 6 unspecified atom stereocenters. The number of hydrogen-bond acceptors (Lipinski definition) is 4. The molecular weight excluding hydrogens is 500 g/mol. The van der Waals surface area contributed by atoms with Gasteiger partial charge in [-0.1, -0.05) is 88.4 Å². The zero-order chi connectivity index (χ0) is 28.5. The molecule has 210 valence electrons. The van der Waals surface area contributed by atoms with Crippen LogP contribution in [0.2, 0.25) is 0 Å². The largest absolute Gasteiger partial charge is 0.346 e. The number of rotatable bonds is 7. The van der Waals surface area contributed by atoms with Gasteiger partial charge in [0, 0.05) is 12.8 Å². The van der Waals surface area contributed by atoms with Gasteiger partial charge >= 0.3 is 0 Å². The molecule has 6 atom stereocenters. The van der Waals surface area contributed by atoms with Crippen LogP contribution in [0, 0.1) is 33.5 Å². The highest BCUT2D eigenvalue weighted by atomic mass is 16.2. The van der Waals surface area contributed by atoms with E-state index in [4.69, 9.17) is 0 Å². The Hall–Kier alpha value is -3.28. The number of fused-ring (bicyclic) bond motifs is 4. The topological polar surface area (TPSA) is 92.3 Å². The lowest BCUT2D eigenvalue weighted by molar-refractivity contribution is -0.148. The van der Waals surface area contributed by atoms with Crippen molar-refractivity contribution in [2.24, 2.45) is 33.5 Å². The monoisotopic (exact) mass is 540 g/mol. The number of hydrogen-bond donors (Lipinski definition) is 2. The Morgan fingerprint density at radius 2 is 1.00 bits per heavy atom. The maximum Gasteiger partial charge on any atom is 0.234 e. The number of ketones is 2. The summed E-state index contributed by atoms with van der Waals surface area (Å²) in [6.45, 7) is 8.19. The Bertz CT molecular complexity index is 1260. The Morgan fingerprint density at radius 3 is 1.27 bits per heavy atom. The lowest BCUT2D eigenvalue weighted by Crippen LogP contribution is -2.55. The summed E-state index contributed by atoms with van der Waals surface area (Å²) >= 11 is 0. The molecule has 0 spiro atoms. The molecule has 4 aliphatic rings. The van der Waals surface area contributed by atoms with Crippen molar-refractivity contribution in [1.82, 2.24) is 10.6 Å². The van der Waals surface area contributed by atoms with E-state index in [9.17, 15) is 19.2 Å². The predicted molar refractivity (Wildman–Crippen MR) is 152 cm³/mol. The molecule has 2 N–H and O–H groups in total. The van der Waals surface area contributed by atoms with Crippen molar-refractivity contribution in [3.63, 3.8) is 0 Å². The highest BCUT2D eigenvalue weighted by Crippen LogP contribution is 2.65. The van der Waals surface area contributed by atoms with Crippen LogP contribution in [0.25, 0.3) is 0 Å². The highest BCUT2D eigenvalue weighted by Gasteiger charge is 2.69. The van der Waals surface area contributed by atoms with Gasteiger partial charge in [-0.15, -0.1) is 0 Å². The quantitative estimate of drug-likeness (QED) is 0.454. The molecule has 6 nitrogen and oxygen atoms in total. The van der Waals surface area contributed by atoms with Gasteiger partial charge in [0.05, 0.1) is 12.1 Å². The average Bonchev–Trinajstić information content (AvgIpc) is 3.50. The Balaban J connectivity index is 1.41. The summed E-state index contributed by atoms with van der Waals surface area (Å²) in [6.07, 6.45) is 3.70. The minimum absolute atomic E-state index is 0.0209. The van der Waals surface area contributed by atoms with Crippen LogP contribution in [0.3, 0.4) is 0 Å². The van der Waals surface area contributed by atoms with Crippen molar-refractivity contribution in [3.8, 4) is 0 Å². The third-order valence-corrected chi connectivity index (χ3v) is 11.8. The number of amides is 2. The molecule has 6 heteroatoms. The second-order valence-corrected chi connectivity index (χ2v) is 13.7. The van der Waals surface area contributed by atoms with Crippen LogP contribution in [0.4, 0.5) is 0 Å². The first-order valence-corrected chi connectivity index (χ1v) is 14.8. The van der Waals surface area contributed by atoms with Gasteiger partial charge in [-0.2, -0.15) is 0 Å². The van der Waals surface area contributed by atoms with Gasteiger partial charge in [0.25, 0.3) is 0 Å². The van der Waals surface area contributed by atoms with E-state index in [0.717, 1.165) is 24.0 Å². The lowest BCUT2D eigenvalue weighted by Gasteiger charge is -2.40. The highest BCUT2D eigenvalue weighted by molar-refractivity contribution is 6.10. The second kappa shape index (κ2) is 9.12. The number of Topliss-reactive ketones (excluding diaryl/α,β-unsaturated/α-hetero) is 2. The van der Waals surface area contributed by atoms with E-state index in [-0.39, 0.29) is 35.2 Å². The first-order chi connectivity index (χ1) is 19.0. The average molecular weight is 541 g/mol. The molecule has 2 aromatic rings. The van der Waals surface area contributed by atoms with Gasteiger partial charge in [0.15, 0.2) is 0 Å². The van der Waals surface area contributed by atoms with E-state index in [0.29, 0.717) is 25.7 Å². The van der Waals surface area contributed by atoms with Crippen molar-refractivity contribution in [2.75, 3.05) is 0 Å². The fourth-order valence-corrected chi connectivity index (χ4v) is 8.99. The summed E-state index contributed by atoms with van der Waals surface area (Å²) in [5.41, 5.74) is -1.35. The van der Waals surface area contributed by atoms with E-state index in [1.54, 1.807) is 0 Å². The van der Waals surface area contributed by atoms with Crippen LogP contribution in [0.5, 0.6) is 0 Å². The fourth-order valence-electron chi connectivity index (χ4n) is 8.99. The summed E-state index contributed by atoms with van der Waals surface area (Å²) in [5.74, 6) is -0.0722. The number of benzene rings is 2. The zero-order valence-electron chi connectivity index (χ0n) is 24.0. The molecule has 4 aliphatic carbocycles. The van der Waals surface area contributed by atoms with Crippen molar-refractivity contribution in [3.05, 3.63) is 71.8 Å². The van der Waals surface area contributed by atoms with Crippen LogP contribution in [-0.4, -0.2) is 23.4 Å². The molecule has 2 amide bonds. The van der Waals surface area contributed by atoms with E-state index >= 15 is 0 Å². The predicted octanol–water partition coefficient (Wildman–Crippen LogP) is 5.49. The minimum atomic E-state index is -1.07. The first-order valence-electron chi connectivity index (χ1n) is 14.8.